The topological polar surface area (TPSA) is 45.1 Å². The van der Waals surface area contributed by atoms with E-state index in [2.05, 4.69) is 0 Å². The van der Waals surface area contributed by atoms with Crippen molar-refractivity contribution in [3.8, 4) is 5.75 Å². The molecule has 1 fully saturated rings. The monoisotopic (exact) mass is 388 g/mol. The molecule has 2 aliphatic heterocycles. The van der Waals surface area contributed by atoms with Gasteiger partial charge in [0.25, 0.3) is 0 Å². The Morgan fingerprint density at radius 2 is 1.96 bits per heavy atom. The van der Waals surface area contributed by atoms with Gasteiger partial charge in [-0.3, -0.25) is 4.99 Å². The first-order chi connectivity index (χ1) is 12.6. The Bertz CT molecular complexity index is 827. The third kappa shape index (κ3) is 2.88. The van der Waals surface area contributed by atoms with Crippen molar-refractivity contribution in [3.05, 3.63) is 64.7 Å². The van der Waals surface area contributed by atoms with E-state index in [0.717, 1.165) is 48.0 Å². The molecule has 2 unspecified atom stereocenters. The van der Waals surface area contributed by atoms with E-state index in [4.69, 9.17) is 21.3 Å². The number of nitrogens with zero attached hydrogens (tertiary/aromatic N) is 2. The minimum absolute atomic E-state index is 0.249. The zero-order chi connectivity index (χ0) is 18.1. The van der Waals surface area contributed by atoms with Crippen molar-refractivity contribution in [2.24, 2.45) is 4.99 Å². The Hall–Kier alpha value is -1.69. The first-order valence-corrected chi connectivity index (χ1v) is 10.0. The lowest BCUT2D eigenvalue weighted by atomic mass is 9.92. The van der Waals surface area contributed by atoms with Gasteiger partial charge in [0.2, 0.25) is 0 Å². The summed E-state index contributed by atoms with van der Waals surface area (Å²) < 4.78 is 5.28. The summed E-state index contributed by atoms with van der Waals surface area (Å²) in [6.07, 6.45) is 2.04. The van der Waals surface area contributed by atoms with Gasteiger partial charge in [-0.1, -0.05) is 53.7 Å². The number of halogens is 1. The molecule has 26 heavy (non-hydrogen) atoms. The molecule has 0 radical (unpaired) electrons. The zero-order valence-corrected chi connectivity index (χ0v) is 16.1. The van der Waals surface area contributed by atoms with Crippen molar-refractivity contribution in [2.45, 2.75) is 23.8 Å². The predicted molar refractivity (Wildman–Crippen MR) is 107 cm³/mol. The van der Waals surface area contributed by atoms with Gasteiger partial charge in [0, 0.05) is 23.7 Å². The highest BCUT2D eigenvalue weighted by Gasteiger charge is 2.53. The molecule has 1 saturated heterocycles. The molecule has 6 heteroatoms. The van der Waals surface area contributed by atoms with Gasteiger partial charge in [0.05, 0.1) is 12.4 Å². The van der Waals surface area contributed by atoms with Crippen molar-refractivity contribution in [1.29, 1.82) is 0 Å². The summed E-state index contributed by atoms with van der Waals surface area (Å²) in [4.78, 5) is 6.77. The summed E-state index contributed by atoms with van der Waals surface area (Å²) in [6.45, 7) is 1.57. The minimum atomic E-state index is -1.20. The number of amidine groups is 1. The highest BCUT2D eigenvalue weighted by molar-refractivity contribution is 8.14. The Balaban J connectivity index is 1.85. The number of fused-ring (bicyclic) bond motifs is 1. The molecular weight excluding hydrogens is 368 g/mol. The molecule has 0 spiro atoms. The number of hydrogen-bond donors (Lipinski definition) is 1. The van der Waals surface area contributed by atoms with E-state index < -0.39 is 5.72 Å². The standard InChI is InChI=1S/C20H21ClN2O2S/c1-25-15-10-8-14(9-11-15)20(24)18(16-6-2-3-7-17(16)21)26-19-22-12-4-5-13-23(19)20/h2-3,6-11,18,24H,4-5,12-13H2,1H3. The second kappa shape index (κ2) is 7.14. The molecule has 2 atom stereocenters. The quantitative estimate of drug-likeness (QED) is 0.844. The normalized spacial score (nSPS) is 25.4. The average Bonchev–Trinajstić information content (AvgIpc) is 2.82. The number of ether oxygens (including phenoxy) is 1. The van der Waals surface area contributed by atoms with E-state index in [0.29, 0.717) is 5.02 Å². The summed E-state index contributed by atoms with van der Waals surface area (Å²) in [5.41, 5.74) is 0.543. The molecule has 2 heterocycles. The number of rotatable bonds is 3. The smallest absolute Gasteiger partial charge is 0.182 e. The highest BCUT2D eigenvalue weighted by Crippen LogP contribution is 2.55. The summed E-state index contributed by atoms with van der Waals surface area (Å²) in [6, 6.07) is 15.4. The molecule has 0 saturated carbocycles. The largest absolute Gasteiger partial charge is 0.497 e. The Labute approximate surface area is 162 Å². The molecule has 4 rings (SSSR count). The first-order valence-electron chi connectivity index (χ1n) is 8.74. The van der Waals surface area contributed by atoms with Crippen molar-refractivity contribution in [2.75, 3.05) is 20.2 Å². The fourth-order valence-electron chi connectivity index (χ4n) is 3.60. The van der Waals surface area contributed by atoms with Gasteiger partial charge in [-0.25, -0.2) is 0 Å². The van der Waals surface area contributed by atoms with Gasteiger partial charge >= 0.3 is 0 Å². The van der Waals surface area contributed by atoms with Crippen LogP contribution in [0.2, 0.25) is 5.02 Å². The predicted octanol–water partition coefficient (Wildman–Crippen LogP) is 4.43. The minimum Gasteiger partial charge on any atom is -0.497 e. The number of aliphatic imine (C=N–C) groups is 1. The van der Waals surface area contributed by atoms with Crippen LogP contribution in [0.15, 0.2) is 53.5 Å². The number of thioether (sulfide) groups is 1. The first kappa shape index (κ1) is 17.7. The SMILES string of the molecule is COc1ccc(C2(O)C(c3ccccc3Cl)SC3=NCCCCN32)cc1. The maximum absolute atomic E-state index is 12.0. The Morgan fingerprint density at radius 1 is 1.19 bits per heavy atom. The summed E-state index contributed by atoms with van der Waals surface area (Å²) in [7, 11) is 1.64. The van der Waals surface area contributed by atoms with Gasteiger partial charge < -0.3 is 14.7 Å². The molecule has 0 amide bonds. The molecule has 2 aliphatic rings. The third-order valence-corrected chi connectivity index (χ3v) is 6.69. The number of methoxy groups -OCH3 is 1. The lowest BCUT2D eigenvalue weighted by molar-refractivity contribution is -0.0712. The third-order valence-electron chi connectivity index (χ3n) is 4.97. The average molecular weight is 389 g/mol. The maximum Gasteiger partial charge on any atom is 0.182 e. The van der Waals surface area contributed by atoms with Gasteiger partial charge in [-0.15, -0.1) is 0 Å². The van der Waals surface area contributed by atoms with Crippen molar-refractivity contribution in [3.63, 3.8) is 0 Å². The molecule has 0 aromatic heterocycles. The number of benzene rings is 2. The zero-order valence-electron chi connectivity index (χ0n) is 14.6. The second-order valence-electron chi connectivity index (χ2n) is 6.50. The van der Waals surface area contributed by atoms with Gasteiger partial charge in [0.15, 0.2) is 10.9 Å². The van der Waals surface area contributed by atoms with Crippen molar-refractivity contribution >= 4 is 28.5 Å². The molecule has 2 aromatic rings. The fraction of sp³-hybridized carbons (Fsp3) is 0.350. The van der Waals surface area contributed by atoms with E-state index in [-0.39, 0.29) is 5.25 Å². The van der Waals surface area contributed by atoms with Crippen LogP contribution in [-0.2, 0) is 5.72 Å². The van der Waals surface area contributed by atoms with Crippen LogP contribution in [0.3, 0.4) is 0 Å². The lowest BCUT2D eigenvalue weighted by Gasteiger charge is -2.38. The van der Waals surface area contributed by atoms with Crippen LogP contribution in [-0.4, -0.2) is 35.4 Å². The van der Waals surface area contributed by atoms with Crippen LogP contribution in [0.25, 0.3) is 0 Å². The van der Waals surface area contributed by atoms with E-state index in [9.17, 15) is 5.11 Å². The molecule has 0 bridgehead atoms. The van der Waals surface area contributed by atoms with Crippen LogP contribution in [0.1, 0.15) is 29.2 Å². The summed E-state index contributed by atoms with van der Waals surface area (Å²) in [5, 5.41) is 13.3. The Morgan fingerprint density at radius 3 is 2.69 bits per heavy atom. The lowest BCUT2D eigenvalue weighted by Crippen LogP contribution is -2.46. The molecular formula is C20H21ClN2O2S. The highest BCUT2D eigenvalue weighted by atomic mass is 35.5. The van der Waals surface area contributed by atoms with E-state index in [1.807, 2.05) is 53.4 Å². The van der Waals surface area contributed by atoms with Crippen molar-refractivity contribution in [1.82, 2.24) is 4.90 Å². The summed E-state index contributed by atoms with van der Waals surface area (Å²) >= 11 is 8.09. The maximum atomic E-state index is 12.0. The van der Waals surface area contributed by atoms with Crippen LogP contribution >= 0.6 is 23.4 Å². The van der Waals surface area contributed by atoms with E-state index in [1.165, 1.54) is 0 Å². The van der Waals surface area contributed by atoms with E-state index in [1.54, 1.807) is 18.9 Å². The molecule has 136 valence electrons. The number of aliphatic hydroxyl groups is 1. The van der Waals surface area contributed by atoms with Gasteiger partial charge in [-0.2, -0.15) is 0 Å². The van der Waals surface area contributed by atoms with Crippen LogP contribution in [0, 0.1) is 0 Å². The second-order valence-corrected chi connectivity index (χ2v) is 7.98. The van der Waals surface area contributed by atoms with Crippen LogP contribution in [0.5, 0.6) is 5.75 Å². The number of hydrogen-bond acceptors (Lipinski definition) is 5. The van der Waals surface area contributed by atoms with E-state index >= 15 is 0 Å². The Kier molecular flexibility index (Phi) is 4.86. The molecule has 1 N–H and O–H groups in total. The molecule has 4 nitrogen and oxygen atoms in total. The van der Waals surface area contributed by atoms with Crippen molar-refractivity contribution < 1.29 is 9.84 Å². The fourth-order valence-corrected chi connectivity index (χ4v) is 5.40. The molecule has 0 aliphatic carbocycles. The van der Waals surface area contributed by atoms with Crippen LogP contribution in [0.4, 0.5) is 0 Å². The molecule has 2 aromatic carbocycles. The van der Waals surface area contributed by atoms with Gasteiger partial charge in [0.1, 0.15) is 5.75 Å². The summed E-state index contributed by atoms with van der Waals surface area (Å²) in [5.74, 6) is 0.766. The van der Waals surface area contributed by atoms with Crippen LogP contribution < -0.4 is 4.74 Å². The van der Waals surface area contributed by atoms with Gasteiger partial charge in [-0.05, 0) is 36.6 Å².